The van der Waals surface area contributed by atoms with Crippen molar-refractivity contribution in [1.82, 2.24) is 0 Å². The maximum absolute atomic E-state index is 13.2. The number of methoxy groups -OCH3 is 1. The van der Waals surface area contributed by atoms with E-state index in [1.54, 1.807) is 36.4 Å². The molecule has 1 aliphatic heterocycles. The van der Waals surface area contributed by atoms with Crippen LogP contribution in [0.4, 0.5) is 11.4 Å². The van der Waals surface area contributed by atoms with E-state index in [4.69, 9.17) is 4.74 Å². The molecule has 2 N–H and O–H groups in total. The Balaban J connectivity index is 1.50. The summed E-state index contributed by atoms with van der Waals surface area (Å²) in [6.45, 7) is 0. The van der Waals surface area contributed by atoms with Crippen LogP contribution in [-0.4, -0.2) is 15.5 Å². The first-order valence-electron chi connectivity index (χ1n) is 10.4. The lowest BCUT2D eigenvalue weighted by molar-refractivity contribution is 0.417. The molecule has 0 spiro atoms. The van der Waals surface area contributed by atoms with Crippen LogP contribution in [0.5, 0.6) is 5.75 Å². The van der Waals surface area contributed by atoms with Gasteiger partial charge in [0, 0.05) is 16.1 Å². The standard InChI is InChI=1S/C25H23BrN2O3S/c1-31-24-11-3-2-10-23(24)28-32(29,30)18-12-13-22-21(15-18)19-8-5-9-20(19)25(27-22)16-6-4-7-17(26)14-16/h2-8,10-15,19-20,25,27-28H,9H2,1H3/t19-,20+,25+/m0/s1. The Kier molecular flexibility index (Phi) is 5.47. The van der Waals surface area contributed by atoms with Gasteiger partial charge in [-0.05, 0) is 65.9 Å². The van der Waals surface area contributed by atoms with Gasteiger partial charge < -0.3 is 10.1 Å². The summed E-state index contributed by atoms with van der Waals surface area (Å²) in [6.07, 6.45) is 5.36. The van der Waals surface area contributed by atoms with Crippen molar-refractivity contribution in [2.24, 2.45) is 5.92 Å². The van der Waals surface area contributed by atoms with Crippen LogP contribution in [-0.2, 0) is 10.0 Å². The van der Waals surface area contributed by atoms with E-state index in [-0.39, 0.29) is 16.9 Å². The highest BCUT2D eigenvalue weighted by atomic mass is 79.9. The predicted octanol–water partition coefficient (Wildman–Crippen LogP) is 6.09. The smallest absolute Gasteiger partial charge is 0.262 e. The number of allylic oxidation sites excluding steroid dienone is 2. The number of sulfonamides is 1. The lowest BCUT2D eigenvalue weighted by Crippen LogP contribution is -2.29. The highest BCUT2D eigenvalue weighted by Crippen LogP contribution is 2.50. The lowest BCUT2D eigenvalue weighted by atomic mass is 9.77. The third kappa shape index (κ3) is 3.80. The number of anilines is 2. The molecule has 3 atom stereocenters. The van der Waals surface area contributed by atoms with Crippen molar-refractivity contribution >= 4 is 37.3 Å². The van der Waals surface area contributed by atoms with E-state index >= 15 is 0 Å². The topological polar surface area (TPSA) is 67.4 Å². The van der Waals surface area contributed by atoms with E-state index in [9.17, 15) is 8.42 Å². The molecule has 3 aromatic carbocycles. The molecule has 0 amide bonds. The van der Waals surface area contributed by atoms with E-state index in [1.165, 1.54) is 12.7 Å². The van der Waals surface area contributed by atoms with Gasteiger partial charge in [-0.15, -0.1) is 0 Å². The van der Waals surface area contributed by atoms with Crippen LogP contribution >= 0.6 is 15.9 Å². The molecular weight excluding hydrogens is 488 g/mol. The SMILES string of the molecule is COc1ccccc1NS(=O)(=O)c1ccc2c(c1)[C@H]1C=CC[C@H]1[C@@H](c1cccc(Br)c1)N2. The van der Waals surface area contributed by atoms with Crippen molar-refractivity contribution < 1.29 is 13.2 Å². The third-order valence-corrected chi connectivity index (χ3v) is 8.06. The normalized spacial score (nSPS) is 21.4. The lowest BCUT2D eigenvalue weighted by Gasteiger charge is -2.37. The van der Waals surface area contributed by atoms with Crippen LogP contribution in [0.25, 0.3) is 0 Å². The first-order valence-corrected chi connectivity index (χ1v) is 12.7. The molecule has 164 valence electrons. The molecule has 0 unspecified atom stereocenters. The molecule has 0 aromatic heterocycles. The van der Waals surface area contributed by atoms with E-state index < -0.39 is 10.0 Å². The van der Waals surface area contributed by atoms with Gasteiger partial charge in [0.25, 0.3) is 10.0 Å². The second-order valence-corrected chi connectivity index (χ2v) is 10.7. The molecule has 3 aromatic rings. The predicted molar refractivity (Wildman–Crippen MR) is 131 cm³/mol. The maximum atomic E-state index is 13.2. The van der Waals surface area contributed by atoms with Crippen LogP contribution in [0, 0.1) is 5.92 Å². The highest BCUT2D eigenvalue weighted by molar-refractivity contribution is 9.10. The monoisotopic (exact) mass is 510 g/mol. The Morgan fingerprint density at radius 2 is 1.91 bits per heavy atom. The number of halogens is 1. The van der Waals surface area contributed by atoms with Crippen molar-refractivity contribution in [3.63, 3.8) is 0 Å². The second-order valence-electron chi connectivity index (χ2n) is 8.09. The Morgan fingerprint density at radius 3 is 2.72 bits per heavy atom. The van der Waals surface area contributed by atoms with Crippen LogP contribution < -0.4 is 14.8 Å². The summed E-state index contributed by atoms with van der Waals surface area (Å²) in [5.74, 6) is 0.972. The van der Waals surface area contributed by atoms with Gasteiger partial charge in [-0.2, -0.15) is 0 Å². The van der Waals surface area contributed by atoms with Gasteiger partial charge in [0.1, 0.15) is 5.75 Å². The zero-order valence-corrected chi connectivity index (χ0v) is 19.9. The van der Waals surface area contributed by atoms with Gasteiger partial charge in [0.2, 0.25) is 0 Å². The minimum absolute atomic E-state index is 0.161. The van der Waals surface area contributed by atoms with E-state index in [0.717, 1.165) is 22.1 Å². The third-order valence-electron chi connectivity index (χ3n) is 6.20. The number of rotatable bonds is 5. The highest BCUT2D eigenvalue weighted by Gasteiger charge is 2.38. The molecule has 2 aliphatic rings. The van der Waals surface area contributed by atoms with Crippen LogP contribution in [0.1, 0.15) is 29.5 Å². The molecule has 0 saturated heterocycles. The number of benzene rings is 3. The second kappa shape index (κ2) is 8.30. The van der Waals surface area contributed by atoms with Crippen molar-refractivity contribution in [1.29, 1.82) is 0 Å². The zero-order chi connectivity index (χ0) is 22.3. The molecule has 7 heteroatoms. The summed E-state index contributed by atoms with van der Waals surface area (Å²) in [4.78, 5) is 0.240. The van der Waals surface area contributed by atoms with E-state index in [0.29, 0.717) is 17.4 Å². The molecule has 0 saturated carbocycles. The molecular formula is C25H23BrN2O3S. The Morgan fingerprint density at radius 1 is 1.06 bits per heavy atom. The maximum Gasteiger partial charge on any atom is 0.262 e. The van der Waals surface area contributed by atoms with Gasteiger partial charge in [-0.25, -0.2) is 8.42 Å². The number of ether oxygens (including phenoxy) is 1. The molecule has 0 bridgehead atoms. The summed E-state index contributed by atoms with van der Waals surface area (Å²) in [5.41, 5.74) is 3.62. The summed E-state index contributed by atoms with van der Waals surface area (Å²) in [5, 5.41) is 3.66. The zero-order valence-electron chi connectivity index (χ0n) is 17.5. The fourth-order valence-corrected chi connectivity index (χ4v) is 6.22. The minimum Gasteiger partial charge on any atom is -0.495 e. The molecule has 1 heterocycles. The van der Waals surface area contributed by atoms with Gasteiger partial charge in [0.15, 0.2) is 0 Å². The molecule has 5 nitrogen and oxygen atoms in total. The van der Waals surface area contributed by atoms with Crippen LogP contribution in [0.3, 0.4) is 0 Å². The Hall–Kier alpha value is -2.77. The Bertz CT molecular complexity index is 1310. The molecule has 0 fully saturated rings. The first kappa shape index (κ1) is 21.1. The summed E-state index contributed by atoms with van der Waals surface area (Å²) < 4.78 is 35.3. The number of hydrogen-bond donors (Lipinski definition) is 2. The first-order chi connectivity index (χ1) is 15.5. The number of para-hydroxylation sites is 2. The molecule has 32 heavy (non-hydrogen) atoms. The minimum atomic E-state index is -3.77. The fraction of sp³-hybridized carbons (Fsp3) is 0.200. The Labute approximate surface area is 196 Å². The number of hydrogen-bond acceptors (Lipinski definition) is 4. The van der Waals surface area contributed by atoms with Gasteiger partial charge in [-0.1, -0.05) is 52.3 Å². The summed E-state index contributed by atoms with van der Waals surface area (Å²) >= 11 is 3.58. The fourth-order valence-electron chi connectivity index (χ4n) is 4.70. The average Bonchev–Trinajstić information content (AvgIpc) is 3.28. The quantitative estimate of drug-likeness (QED) is 0.407. The van der Waals surface area contributed by atoms with Crippen LogP contribution in [0.15, 0.2) is 88.3 Å². The largest absolute Gasteiger partial charge is 0.495 e. The summed E-state index contributed by atoms with van der Waals surface area (Å²) in [7, 11) is -2.25. The van der Waals surface area contributed by atoms with Crippen molar-refractivity contribution in [3.8, 4) is 5.75 Å². The van der Waals surface area contributed by atoms with E-state index in [1.807, 2.05) is 18.2 Å². The number of fused-ring (bicyclic) bond motifs is 3. The van der Waals surface area contributed by atoms with Crippen molar-refractivity contribution in [3.05, 3.63) is 94.5 Å². The van der Waals surface area contributed by atoms with Gasteiger partial charge >= 0.3 is 0 Å². The number of nitrogens with one attached hydrogen (secondary N) is 2. The van der Waals surface area contributed by atoms with Crippen LogP contribution in [0.2, 0.25) is 0 Å². The van der Waals surface area contributed by atoms with Crippen molar-refractivity contribution in [2.45, 2.75) is 23.3 Å². The average molecular weight is 511 g/mol. The van der Waals surface area contributed by atoms with Gasteiger partial charge in [-0.3, -0.25) is 4.72 Å². The molecule has 5 rings (SSSR count). The molecule has 1 aliphatic carbocycles. The molecule has 0 radical (unpaired) electrons. The summed E-state index contributed by atoms with van der Waals surface area (Å²) in [6, 6.07) is 20.8. The van der Waals surface area contributed by atoms with Crippen molar-refractivity contribution in [2.75, 3.05) is 17.1 Å². The van der Waals surface area contributed by atoms with E-state index in [2.05, 4.69) is 50.3 Å². The van der Waals surface area contributed by atoms with Gasteiger partial charge in [0.05, 0.1) is 23.7 Å².